The van der Waals surface area contributed by atoms with Gasteiger partial charge in [-0.15, -0.1) is 0 Å². The molecule has 0 aliphatic heterocycles. The number of anilines is 1. The van der Waals surface area contributed by atoms with Crippen LogP contribution in [0.4, 0.5) is 5.69 Å². The topological polar surface area (TPSA) is 84.2 Å². The van der Waals surface area contributed by atoms with Crippen LogP contribution < -0.4 is 16.4 Å². The first-order valence-corrected chi connectivity index (χ1v) is 7.46. The van der Waals surface area contributed by atoms with Crippen LogP contribution in [0.15, 0.2) is 24.3 Å². The van der Waals surface area contributed by atoms with Crippen molar-refractivity contribution in [1.82, 2.24) is 10.6 Å². The van der Waals surface area contributed by atoms with Crippen LogP contribution in [0.25, 0.3) is 0 Å². The van der Waals surface area contributed by atoms with Crippen LogP contribution in [0.2, 0.25) is 0 Å². The van der Waals surface area contributed by atoms with Crippen LogP contribution in [0.3, 0.4) is 0 Å². The fourth-order valence-electron chi connectivity index (χ4n) is 2.14. The molecule has 1 fully saturated rings. The molecule has 5 heteroatoms. The molecule has 0 aromatic heterocycles. The Hall–Kier alpha value is -2.04. The van der Waals surface area contributed by atoms with Crippen molar-refractivity contribution in [2.45, 2.75) is 44.6 Å². The van der Waals surface area contributed by atoms with Crippen LogP contribution in [0, 0.1) is 0 Å². The van der Waals surface area contributed by atoms with E-state index < -0.39 is 0 Å². The molecular formula is C16H23N3O2. The van der Waals surface area contributed by atoms with Crippen LogP contribution in [-0.2, 0) is 9.59 Å². The molecule has 5 nitrogen and oxygen atoms in total. The zero-order chi connectivity index (χ0) is 15.2. The van der Waals surface area contributed by atoms with E-state index in [0.717, 1.165) is 24.1 Å². The number of hydrogen-bond donors (Lipinski definition) is 3. The number of amides is 2. The van der Waals surface area contributed by atoms with E-state index >= 15 is 0 Å². The largest absolute Gasteiger partial charge is 0.399 e. The Kier molecular flexibility index (Phi) is 5.20. The Balaban J connectivity index is 1.66. The molecule has 2 rings (SSSR count). The number of carbonyl (C=O) groups is 2. The van der Waals surface area contributed by atoms with Gasteiger partial charge in [-0.1, -0.05) is 19.1 Å². The van der Waals surface area contributed by atoms with Gasteiger partial charge in [0.25, 0.3) is 0 Å². The fraction of sp³-hybridized carbons (Fsp3) is 0.500. The van der Waals surface area contributed by atoms with Crippen LogP contribution in [-0.4, -0.2) is 24.4 Å². The minimum absolute atomic E-state index is 0.0179. The average Bonchev–Trinajstić information content (AvgIpc) is 3.23. The Labute approximate surface area is 125 Å². The smallest absolute Gasteiger partial charge is 0.221 e. The van der Waals surface area contributed by atoms with Crippen molar-refractivity contribution in [2.75, 3.05) is 12.3 Å². The van der Waals surface area contributed by atoms with E-state index in [1.165, 1.54) is 0 Å². The van der Waals surface area contributed by atoms with Crippen LogP contribution in [0.1, 0.15) is 44.1 Å². The van der Waals surface area contributed by atoms with Crippen molar-refractivity contribution >= 4 is 17.5 Å². The van der Waals surface area contributed by atoms with Gasteiger partial charge in [0.2, 0.25) is 11.8 Å². The van der Waals surface area contributed by atoms with E-state index in [0.29, 0.717) is 25.4 Å². The summed E-state index contributed by atoms with van der Waals surface area (Å²) in [6.07, 6.45) is 2.92. The Morgan fingerprint density at radius 1 is 1.24 bits per heavy atom. The Morgan fingerprint density at radius 3 is 2.52 bits per heavy atom. The summed E-state index contributed by atoms with van der Waals surface area (Å²) in [5.41, 5.74) is 7.45. The molecule has 0 bridgehead atoms. The monoisotopic (exact) mass is 289 g/mol. The van der Waals surface area contributed by atoms with E-state index in [2.05, 4.69) is 10.6 Å². The van der Waals surface area contributed by atoms with Crippen molar-refractivity contribution in [2.24, 2.45) is 0 Å². The third kappa shape index (κ3) is 5.45. The van der Waals surface area contributed by atoms with Gasteiger partial charge in [0, 0.05) is 31.1 Å². The first kappa shape index (κ1) is 15.4. The molecule has 2 amide bonds. The highest BCUT2D eigenvalue weighted by Crippen LogP contribution is 2.20. The second-order valence-corrected chi connectivity index (χ2v) is 5.71. The summed E-state index contributed by atoms with van der Waals surface area (Å²) < 4.78 is 0. The lowest BCUT2D eigenvalue weighted by Gasteiger charge is -2.12. The summed E-state index contributed by atoms with van der Waals surface area (Å²) >= 11 is 0. The van der Waals surface area contributed by atoms with Gasteiger partial charge < -0.3 is 16.4 Å². The van der Waals surface area contributed by atoms with Crippen molar-refractivity contribution in [3.63, 3.8) is 0 Å². The lowest BCUT2D eigenvalue weighted by atomic mass is 9.97. The van der Waals surface area contributed by atoms with Gasteiger partial charge in [0.1, 0.15) is 0 Å². The van der Waals surface area contributed by atoms with Crippen LogP contribution in [0.5, 0.6) is 0 Å². The number of rotatable bonds is 7. The summed E-state index contributed by atoms with van der Waals surface area (Å²) in [6.45, 7) is 2.40. The third-order valence-corrected chi connectivity index (χ3v) is 3.61. The first-order valence-electron chi connectivity index (χ1n) is 7.46. The summed E-state index contributed by atoms with van der Waals surface area (Å²) in [4.78, 5) is 23.3. The minimum Gasteiger partial charge on any atom is -0.399 e. The number of nitrogens with two attached hydrogens (primary N) is 1. The zero-order valence-electron chi connectivity index (χ0n) is 12.4. The van der Waals surface area contributed by atoms with Crippen LogP contribution >= 0.6 is 0 Å². The van der Waals surface area contributed by atoms with E-state index in [9.17, 15) is 9.59 Å². The predicted octanol–water partition coefficient (Wildman–Crippen LogP) is 1.55. The highest BCUT2D eigenvalue weighted by atomic mass is 16.2. The summed E-state index contributed by atoms with van der Waals surface area (Å²) in [5, 5.41) is 5.69. The molecule has 4 N–H and O–H groups in total. The Bertz CT molecular complexity index is 495. The molecule has 1 aromatic carbocycles. The second-order valence-electron chi connectivity index (χ2n) is 5.71. The number of nitrogens with one attached hydrogen (secondary N) is 2. The van der Waals surface area contributed by atoms with Gasteiger partial charge in [-0.25, -0.2) is 0 Å². The highest BCUT2D eigenvalue weighted by Gasteiger charge is 2.22. The van der Waals surface area contributed by atoms with Gasteiger partial charge in [-0.2, -0.15) is 0 Å². The van der Waals surface area contributed by atoms with Crippen molar-refractivity contribution in [3.8, 4) is 0 Å². The summed E-state index contributed by atoms with van der Waals surface area (Å²) in [6, 6.07) is 7.93. The summed E-state index contributed by atoms with van der Waals surface area (Å²) in [7, 11) is 0. The SMILES string of the molecule is CC(CC(=O)NCCC(=O)NC1CC1)c1ccc(N)cc1. The molecular weight excluding hydrogens is 266 g/mol. The molecule has 1 aliphatic rings. The van der Waals surface area contributed by atoms with Crippen molar-refractivity contribution < 1.29 is 9.59 Å². The molecule has 0 spiro atoms. The molecule has 1 saturated carbocycles. The van der Waals surface area contributed by atoms with Gasteiger partial charge in [0.05, 0.1) is 0 Å². The average molecular weight is 289 g/mol. The maximum atomic E-state index is 11.8. The fourth-order valence-corrected chi connectivity index (χ4v) is 2.14. The van der Waals surface area contributed by atoms with Crippen molar-refractivity contribution in [1.29, 1.82) is 0 Å². The van der Waals surface area contributed by atoms with Crippen molar-refractivity contribution in [3.05, 3.63) is 29.8 Å². The van der Waals surface area contributed by atoms with E-state index in [4.69, 9.17) is 5.73 Å². The van der Waals surface area contributed by atoms with Gasteiger partial charge in [0.15, 0.2) is 0 Å². The lowest BCUT2D eigenvalue weighted by Crippen LogP contribution is -2.32. The number of carbonyl (C=O) groups excluding carboxylic acids is 2. The first-order chi connectivity index (χ1) is 10.0. The number of hydrogen-bond acceptors (Lipinski definition) is 3. The molecule has 0 heterocycles. The molecule has 1 aromatic rings. The molecule has 0 radical (unpaired) electrons. The predicted molar refractivity (Wildman–Crippen MR) is 82.7 cm³/mol. The number of nitrogen functional groups attached to an aromatic ring is 1. The second kappa shape index (κ2) is 7.11. The standard InChI is InChI=1S/C16H23N3O2/c1-11(12-2-4-13(17)5-3-12)10-16(21)18-9-8-15(20)19-14-6-7-14/h2-5,11,14H,6-10,17H2,1H3,(H,18,21)(H,19,20). The molecule has 1 unspecified atom stereocenters. The van der Waals surface area contributed by atoms with Gasteiger partial charge in [-0.05, 0) is 36.5 Å². The van der Waals surface area contributed by atoms with E-state index in [1.807, 2.05) is 31.2 Å². The molecule has 21 heavy (non-hydrogen) atoms. The van der Waals surface area contributed by atoms with E-state index in [-0.39, 0.29) is 17.7 Å². The Morgan fingerprint density at radius 2 is 1.90 bits per heavy atom. The maximum Gasteiger partial charge on any atom is 0.221 e. The molecule has 0 saturated heterocycles. The lowest BCUT2D eigenvalue weighted by molar-refractivity contribution is -0.122. The van der Waals surface area contributed by atoms with Gasteiger partial charge >= 0.3 is 0 Å². The normalized spacial score (nSPS) is 15.3. The number of benzene rings is 1. The quantitative estimate of drug-likeness (QED) is 0.666. The summed E-state index contributed by atoms with van der Waals surface area (Å²) in [5.74, 6) is 0.119. The zero-order valence-corrected chi connectivity index (χ0v) is 12.4. The van der Waals surface area contributed by atoms with Gasteiger partial charge in [-0.3, -0.25) is 9.59 Å². The third-order valence-electron chi connectivity index (χ3n) is 3.61. The van der Waals surface area contributed by atoms with E-state index in [1.54, 1.807) is 0 Å². The molecule has 1 aliphatic carbocycles. The molecule has 114 valence electrons. The molecule has 1 atom stereocenters. The maximum absolute atomic E-state index is 11.8. The highest BCUT2D eigenvalue weighted by molar-refractivity contribution is 5.79. The minimum atomic E-state index is -0.0291.